The van der Waals surface area contributed by atoms with Crippen molar-refractivity contribution >= 4 is 11.8 Å². The van der Waals surface area contributed by atoms with E-state index in [1.807, 2.05) is 0 Å². The molecule has 0 aromatic heterocycles. The van der Waals surface area contributed by atoms with Gasteiger partial charge >= 0.3 is 5.97 Å². The van der Waals surface area contributed by atoms with Crippen molar-refractivity contribution in [1.82, 2.24) is 5.32 Å². The number of piperidine rings is 1. The van der Waals surface area contributed by atoms with Gasteiger partial charge in [-0.3, -0.25) is 4.79 Å². The minimum atomic E-state index is -1.03. The fourth-order valence-electron chi connectivity index (χ4n) is 4.04. The molecule has 1 saturated heterocycles. The number of Topliss-reactive ketones (excluding diaryl/α,β-unsaturated/α-hetero) is 1. The van der Waals surface area contributed by atoms with Gasteiger partial charge in [0.05, 0.1) is 17.0 Å². The van der Waals surface area contributed by atoms with Crippen molar-refractivity contribution in [2.45, 2.75) is 39.2 Å². The molecule has 0 radical (unpaired) electrons. The molecular formula is C18H23NO4. The highest BCUT2D eigenvalue weighted by Gasteiger charge is 2.54. The summed E-state index contributed by atoms with van der Waals surface area (Å²) in [5.74, 6) is -0.796. The highest BCUT2D eigenvalue weighted by atomic mass is 16.5. The largest absolute Gasteiger partial charge is 0.486 e. The van der Waals surface area contributed by atoms with Gasteiger partial charge in [0.1, 0.15) is 11.4 Å². The predicted molar refractivity (Wildman–Crippen MR) is 86.1 cm³/mol. The number of hydrogen-bond acceptors (Lipinski definition) is 4. The van der Waals surface area contributed by atoms with Gasteiger partial charge in [0.15, 0.2) is 5.78 Å². The van der Waals surface area contributed by atoms with Gasteiger partial charge < -0.3 is 15.2 Å². The number of ether oxygens (including phenoxy) is 1. The number of carbonyl (C=O) groups is 2. The number of aromatic carboxylic acids is 1. The third-order valence-electron chi connectivity index (χ3n) is 4.91. The first-order valence-electron chi connectivity index (χ1n) is 8.06. The number of benzene rings is 1. The molecule has 1 aromatic rings. The van der Waals surface area contributed by atoms with E-state index in [4.69, 9.17) is 4.74 Å². The maximum Gasteiger partial charge on any atom is 0.335 e. The van der Waals surface area contributed by atoms with E-state index in [9.17, 15) is 14.7 Å². The van der Waals surface area contributed by atoms with E-state index in [0.717, 1.165) is 25.9 Å². The number of rotatable bonds is 1. The molecule has 2 heterocycles. The second-order valence-corrected chi connectivity index (χ2v) is 7.60. The number of carboxylic acids is 1. The SMILES string of the molecule is CC(C)(C)C1C(=O)c2cc(C(=O)O)ccc2OC12CCNCC2. The average Bonchev–Trinajstić information content (AvgIpc) is 2.46. The summed E-state index contributed by atoms with van der Waals surface area (Å²) in [4.78, 5) is 24.4. The Hall–Kier alpha value is -1.88. The first kappa shape index (κ1) is 16.0. The van der Waals surface area contributed by atoms with Crippen LogP contribution in [0.1, 0.15) is 54.3 Å². The van der Waals surface area contributed by atoms with E-state index >= 15 is 0 Å². The molecule has 0 aliphatic carbocycles. The molecule has 5 heteroatoms. The molecule has 1 spiro atoms. The van der Waals surface area contributed by atoms with E-state index < -0.39 is 11.6 Å². The van der Waals surface area contributed by atoms with Crippen LogP contribution in [0.4, 0.5) is 0 Å². The number of carbonyl (C=O) groups excluding carboxylic acids is 1. The minimum Gasteiger partial charge on any atom is -0.486 e. The first-order valence-corrected chi connectivity index (χ1v) is 8.06. The molecule has 1 aromatic carbocycles. The molecule has 1 fully saturated rings. The Kier molecular flexibility index (Phi) is 3.71. The first-order chi connectivity index (χ1) is 10.7. The van der Waals surface area contributed by atoms with Gasteiger partial charge in [0, 0.05) is 12.8 Å². The second kappa shape index (κ2) is 5.34. The number of carboxylic acid groups (broad SMARTS) is 1. The number of fused-ring (bicyclic) bond motifs is 1. The lowest BCUT2D eigenvalue weighted by atomic mass is 9.63. The van der Waals surface area contributed by atoms with Crippen molar-refractivity contribution in [1.29, 1.82) is 0 Å². The third kappa shape index (κ3) is 2.63. The second-order valence-electron chi connectivity index (χ2n) is 7.60. The van der Waals surface area contributed by atoms with Crippen LogP contribution in [0.5, 0.6) is 5.75 Å². The predicted octanol–water partition coefficient (Wildman–Crippen LogP) is 2.74. The molecule has 1 unspecified atom stereocenters. The van der Waals surface area contributed by atoms with E-state index in [1.165, 1.54) is 12.1 Å². The lowest BCUT2D eigenvalue weighted by Gasteiger charge is -2.50. The van der Waals surface area contributed by atoms with Crippen molar-refractivity contribution in [3.63, 3.8) is 0 Å². The van der Waals surface area contributed by atoms with E-state index in [0.29, 0.717) is 11.3 Å². The quantitative estimate of drug-likeness (QED) is 0.833. The molecule has 1 atom stereocenters. The van der Waals surface area contributed by atoms with Crippen LogP contribution in [0.25, 0.3) is 0 Å². The average molecular weight is 317 g/mol. The fourth-order valence-corrected chi connectivity index (χ4v) is 4.04. The van der Waals surface area contributed by atoms with Crippen LogP contribution in [0.2, 0.25) is 0 Å². The summed E-state index contributed by atoms with van der Waals surface area (Å²) in [5.41, 5.74) is -0.243. The number of ketones is 1. The topological polar surface area (TPSA) is 75.6 Å². The monoisotopic (exact) mass is 317 g/mol. The van der Waals surface area contributed by atoms with Crippen LogP contribution in [-0.4, -0.2) is 35.5 Å². The van der Waals surface area contributed by atoms with E-state index in [-0.39, 0.29) is 22.7 Å². The van der Waals surface area contributed by atoms with Crippen molar-refractivity contribution in [2.75, 3.05) is 13.1 Å². The molecule has 23 heavy (non-hydrogen) atoms. The molecule has 0 bridgehead atoms. The standard InChI is InChI=1S/C18H23NO4/c1-17(2,3)15-14(20)12-10-11(16(21)22)4-5-13(12)23-18(15)6-8-19-9-7-18/h4-5,10,15,19H,6-9H2,1-3H3,(H,21,22). The Labute approximate surface area is 136 Å². The van der Waals surface area contributed by atoms with Crippen molar-refractivity contribution in [3.05, 3.63) is 29.3 Å². The van der Waals surface area contributed by atoms with Gasteiger partial charge in [-0.05, 0) is 36.7 Å². The Morgan fingerprint density at radius 1 is 1.30 bits per heavy atom. The van der Waals surface area contributed by atoms with Crippen LogP contribution < -0.4 is 10.1 Å². The normalized spacial score (nSPS) is 23.3. The van der Waals surface area contributed by atoms with Gasteiger partial charge in [-0.25, -0.2) is 4.79 Å². The zero-order valence-corrected chi connectivity index (χ0v) is 13.8. The zero-order chi connectivity index (χ0) is 16.8. The molecule has 0 saturated carbocycles. The summed E-state index contributed by atoms with van der Waals surface area (Å²) >= 11 is 0. The lowest BCUT2D eigenvalue weighted by Crippen LogP contribution is -2.59. The zero-order valence-electron chi connectivity index (χ0n) is 13.8. The summed E-state index contributed by atoms with van der Waals surface area (Å²) in [5, 5.41) is 12.5. The van der Waals surface area contributed by atoms with E-state index in [2.05, 4.69) is 26.1 Å². The molecule has 5 nitrogen and oxygen atoms in total. The van der Waals surface area contributed by atoms with Crippen molar-refractivity contribution < 1.29 is 19.4 Å². The van der Waals surface area contributed by atoms with Crippen LogP contribution in [0.3, 0.4) is 0 Å². The molecule has 3 rings (SSSR count). The van der Waals surface area contributed by atoms with Gasteiger partial charge in [-0.1, -0.05) is 20.8 Å². The van der Waals surface area contributed by atoms with Crippen LogP contribution in [-0.2, 0) is 0 Å². The highest BCUT2D eigenvalue weighted by Crippen LogP contribution is 2.49. The number of hydrogen-bond donors (Lipinski definition) is 2. The Morgan fingerprint density at radius 3 is 2.52 bits per heavy atom. The summed E-state index contributed by atoms with van der Waals surface area (Å²) in [7, 11) is 0. The van der Waals surface area contributed by atoms with Crippen LogP contribution in [0.15, 0.2) is 18.2 Å². The van der Waals surface area contributed by atoms with E-state index in [1.54, 1.807) is 6.07 Å². The Bertz CT molecular complexity index is 653. The summed E-state index contributed by atoms with van der Waals surface area (Å²) in [6, 6.07) is 4.58. The maximum absolute atomic E-state index is 13.2. The maximum atomic E-state index is 13.2. The summed E-state index contributed by atoms with van der Waals surface area (Å²) in [6.45, 7) is 7.79. The molecule has 0 amide bonds. The van der Waals surface area contributed by atoms with Crippen LogP contribution in [0, 0.1) is 11.3 Å². The van der Waals surface area contributed by atoms with Gasteiger partial charge in [-0.15, -0.1) is 0 Å². The van der Waals surface area contributed by atoms with Crippen molar-refractivity contribution in [3.8, 4) is 5.75 Å². The molecule has 2 aliphatic rings. The molecule has 2 N–H and O–H groups in total. The Balaban J connectivity index is 2.12. The molecular weight excluding hydrogens is 294 g/mol. The molecule has 2 aliphatic heterocycles. The molecule has 124 valence electrons. The van der Waals surface area contributed by atoms with Gasteiger partial charge in [-0.2, -0.15) is 0 Å². The van der Waals surface area contributed by atoms with Gasteiger partial charge in [0.2, 0.25) is 0 Å². The summed E-state index contributed by atoms with van der Waals surface area (Å²) < 4.78 is 6.35. The Morgan fingerprint density at radius 2 is 1.96 bits per heavy atom. The fraction of sp³-hybridized carbons (Fsp3) is 0.556. The number of nitrogens with one attached hydrogen (secondary N) is 1. The third-order valence-corrected chi connectivity index (χ3v) is 4.91. The van der Waals surface area contributed by atoms with Crippen LogP contribution >= 0.6 is 0 Å². The van der Waals surface area contributed by atoms with Gasteiger partial charge in [0.25, 0.3) is 0 Å². The summed E-state index contributed by atoms with van der Waals surface area (Å²) in [6.07, 6.45) is 1.56. The van der Waals surface area contributed by atoms with Crippen molar-refractivity contribution in [2.24, 2.45) is 11.3 Å². The minimum absolute atomic E-state index is 0.00347. The highest BCUT2D eigenvalue weighted by molar-refractivity contribution is 6.04. The lowest BCUT2D eigenvalue weighted by molar-refractivity contribution is -0.0548. The smallest absolute Gasteiger partial charge is 0.335 e.